The van der Waals surface area contributed by atoms with Gasteiger partial charge in [-0.05, 0) is 35.7 Å². The number of benzene rings is 1. The Hall–Kier alpha value is -2.42. The summed E-state index contributed by atoms with van der Waals surface area (Å²) in [5.41, 5.74) is 4.18. The molecule has 0 radical (unpaired) electrons. The van der Waals surface area contributed by atoms with Crippen molar-refractivity contribution in [1.29, 1.82) is 0 Å². The van der Waals surface area contributed by atoms with E-state index in [1.165, 1.54) is 0 Å². The Morgan fingerprint density at radius 3 is 3.00 bits per heavy atom. The van der Waals surface area contributed by atoms with Crippen LogP contribution in [0.1, 0.15) is 12.5 Å². The van der Waals surface area contributed by atoms with Crippen molar-refractivity contribution >= 4 is 16.8 Å². The molecule has 3 heteroatoms. The molecule has 0 aliphatic rings. The second kappa shape index (κ2) is 4.69. The number of Topliss-reactive ketones (excluding diaryl/α,β-unsaturated/α-hetero) is 1. The number of pyridine rings is 1. The van der Waals surface area contributed by atoms with Gasteiger partial charge in [0.05, 0.1) is 0 Å². The number of rotatable bonds is 3. The molecule has 2 aromatic heterocycles. The van der Waals surface area contributed by atoms with E-state index in [-0.39, 0.29) is 5.78 Å². The Kier molecular flexibility index (Phi) is 2.88. The number of fused-ring (bicyclic) bond motifs is 1. The number of ketones is 1. The van der Waals surface area contributed by atoms with Gasteiger partial charge in [0.1, 0.15) is 11.4 Å². The Labute approximate surface area is 111 Å². The van der Waals surface area contributed by atoms with Crippen molar-refractivity contribution < 1.29 is 4.79 Å². The van der Waals surface area contributed by atoms with E-state index in [1.54, 1.807) is 13.1 Å². The SMILES string of the molecule is CC(=O)Cc1cccc(-c2ccnc3[nH]ccc23)c1. The van der Waals surface area contributed by atoms with Crippen LogP contribution >= 0.6 is 0 Å². The highest BCUT2D eigenvalue weighted by molar-refractivity contribution is 5.93. The van der Waals surface area contributed by atoms with Crippen LogP contribution in [0.3, 0.4) is 0 Å². The van der Waals surface area contributed by atoms with Crippen molar-refractivity contribution in [3.8, 4) is 11.1 Å². The van der Waals surface area contributed by atoms with E-state index < -0.39 is 0 Å². The number of H-pyrrole nitrogens is 1. The lowest BCUT2D eigenvalue weighted by Gasteiger charge is -2.05. The van der Waals surface area contributed by atoms with Crippen LogP contribution in [0.15, 0.2) is 48.8 Å². The average Bonchev–Trinajstić information content (AvgIpc) is 2.86. The van der Waals surface area contributed by atoms with E-state index in [0.717, 1.165) is 27.7 Å². The number of aromatic nitrogens is 2. The third-order valence-electron chi connectivity index (χ3n) is 3.15. The number of carbonyl (C=O) groups excluding carboxylic acids is 1. The Morgan fingerprint density at radius 1 is 1.26 bits per heavy atom. The standard InChI is InChI=1S/C16H14N2O/c1-11(19)9-12-3-2-4-13(10-12)14-5-7-17-16-15(14)6-8-18-16/h2-8,10H,9H2,1H3,(H,17,18). The van der Waals surface area contributed by atoms with Gasteiger partial charge >= 0.3 is 0 Å². The van der Waals surface area contributed by atoms with Gasteiger partial charge in [-0.15, -0.1) is 0 Å². The van der Waals surface area contributed by atoms with Crippen LogP contribution in [-0.4, -0.2) is 15.8 Å². The van der Waals surface area contributed by atoms with Crippen LogP contribution in [0.5, 0.6) is 0 Å². The first kappa shape index (κ1) is 11.7. The number of carbonyl (C=O) groups is 1. The van der Waals surface area contributed by atoms with Crippen LogP contribution in [0, 0.1) is 0 Å². The molecule has 3 nitrogen and oxygen atoms in total. The molecule has 1 N–H and O–H groups in total. The largest absolute Gasteiger partial charge is 0.346 e. The van der Waals surface area contributed by atoms with Gasteiger partial charge in [0.25, 0.3) is 0 Å². The van der Waals surface area contributed by atoms with Gasteiger partial charge in [0, 0.05) is 24.2 Å². The molecule has 0 saturated heterocycles. The molecule has 19 heavy (non-hydrogen) atoms. The van der Waals surface area contributed by atoms with Gasteiger partial charge in [0.2, 0.25) is 0 Å². The van der Waals surface area contributed by atoms with Gasteiger partial charge < -0.3 is 4.98 Å². The Balaban J connectivity index is 2.11. The number of aromatic amines is 1. The molecule has 0 fully saturated rings. The summed E-state index contributed by atoms with van der Waals surface area (Å²) in [4.78, 5) is 18.6. The van der Waals surface area contributed by atoms with Crippen LogP contribution in [0.25, 0.3) is 22.2 Å². The van der Waals surface area contributed by atoms with Crippen molar-refractivity contribution in [2.75, 3.05) is 0 Å². The lowest BCUT2D eigenvalue weighted by molar-refractivity contribution is -0.116. The predicted molar refractivity (Wildman–Crippen MR) is 75.9 cm³/mol. The predicted octanol–water partition coefficient (Wildman–Crippen LogP) is 3.36. The number of nitrogens with one attached hydrogen (secondary N) is 1. The lowest BCUT2D eigenvalue weighted by Crippen LogP contribution is -1.96. The molecule has 0 spiro atoms. The maximum absolute atomic E-state index is 11.2. The molecule has 0 saturated carbocycles. The van der Waals surface area contributed by atoms with E-state index >= 15 is 0 Å². The highest BCUT2D eigenvalue weighted by Crippen LogP contribution is 2.27. The maximum Gasteiger partial charge on any atom is 0.137 e. The van der Waals surface area contributed by atoms with Gasteiger partial charge in [0.15, 0.2) is 0 Å². The first-order valence-electron chi connectivity index (χ1n) is 6.25. The molecule has 0 aliphatic heterocycles. The normalized spacial score (nSPS) is 10.8. The second-order valence-electron chi connectivity index (χ2n) is 4.68. The minimum atomic E-state index is 0.179. The quantitative estimate of drug-likeness (QED) is 0.774. The zero-order chi connectivity index (χ0) is 13.2. The third kappa shape index (κ3) is 2.27. The summed E-state index contributed by atoms with van der Waals surface area (Å²) >= 11 is 0. The van der Waals surface area contributed by atoms with Crippen molar-refractivity contribution in [3.05, 3.63) is 54.4 Å². The molecule has 1 aromatic carbocycles. The minimum Gasteiger partial charge on any atom is -0.346 e. The minimum absolute atomic E-state index is 0.179. The molecule has 94 valence electrons. The second-order valence-corrected chi connectivity index (χ2v) is 4.68. The fourth-order valence-electron chi connectivity index (χ4n) is 2.35. The smallest absolute Gasteiger partial charge is 0.137 e. The van der Waals surface area contributed by atoms with Crippen molar-refractivity contribution in [2.45, 2.75) is 13.3 Å². The summed E-state index contributed by atoms with van der Waals surface area (Å²) in [5.74, 6) is 0.179. The summed E-state index contributed by atoms with van der Waals surface area (Å²) in [6.07, 6.45) is 4.17. The van der Waals surface area contributed by atoms with E-state index in [0.29, 0.717) is 6.42 Å². The Morgan fingerprint density at radius 2 is 2.16 bits per heavy atom. The van der Waals surface area contributed by atoms with Gasteiger partial charge in [-0.25, -0.2) is 4.98 Å². The fourth-order valence-corrected chi connectivity index (χ4v) is 2.35. The van der Waals surface area contributed by atoms with Gasteiger partial charge in [-0.2, -0.15) is 0 Å². The molecule has 3 rings (SSSR count). The third-order valence-corrected chi connectivity index (χ3v) is 3.15. The first-order valence-corrected chi connectivity index (χ1v) is 6.25. The van der Waals surface area contributed by atoms with Gasteiger partial charge in [-0.1, -0.05) is 24.3 Å². The molecule has 2 heterocycles. The molecule has 0 atom stereocenters. The monoisotopic (exact) mass is 250 g/mol. The number of hydrogen-bond acceptors (Lipinski definition) is 2. The van der Waals surface area contributed by atoms with E-state index in [2.05, 4.69) is 22.1 Å². The summed E-state index contributed by atoms with van der Waals surface area (Å²) in [6, 6.07) is 12.1. The molecule has 3 aromatic rings. The van der Waals surface area contributed by atoms with Gasteiger partial charge in [-0.3, -0.25) is 4.79 Å². The lowest BCUT2D eigenvalue weighted by atomic mass is 10.00. The first-order chi connectivity index (χ1) is 9.24. The molecule has 0 unspecified atom stereocenters. The molecule has 0 bridgehead atoms. The molecule has 0 amide bonds. The van der Waals surface area contributed by atoms with Crippen molar-refractivity contribution in [1.82, 2.24) is 9.97 Å². The number of hydrogen-bond donors (Lipinski definition) is 1. The summed E-state index contributed by atoms with van der Waals surface area (Å²) < 4.78 is 0. The van der Waals surface area contributed by atoms with Crippen molar-refractivity contribution in [2.24, 2.45) is 0 Å². The van der Waals surface area contributed by atoms with Crippen LogP contribution in [-0.2, 0) is 11.2 Å². The zero-order valence-corrected chi connectivity index (χ0v) is 10.7. The maximum atomic E-state index is 11.2. The van der Waals surface area contributed by atoms with E-state index in [9.17, 15) is 4.79 Å². The topological polar surface area (TPSA) is 45.8 Å². The Bertz CT molecular complexity index is 743. The zero-order valence-electron chi connectivity index (χ0n) is 10.7. The average molecular weight is 250 g/mol. The summed E-state index contributed by atoms with van der Waals surface area (Å²) in [5, 5.41) is 1.10. The van der Waals surface area contributed by atoms with E-state index in [4.69, 9.17) is 0 Å². The fraction of sp³-hybridized carbons (Fsp3) is 0.125. The van der Waals surface area contributed by atoms with Crippen LogP contribution in [0.4, 0.5) is 0 Å². The molecular formula is C16H14N2O. The molecular weight excluding hydrogens is 236 g/mol. The summed E-state index contributed by atoms with van der Waals surface area (Å²) in [6.45, 7) is 1.61. The number of nitrogens with zero attached hydrogens (tertiary/aromatic N) is 1. The van der Waals surface area contributed by atoms with Crippen molar-refractivity contribution in [3.63, 3.8) is 0 Å². The van der Waals surface area contributed by atoms with E-state index in [1.807, 2.05) is 30.5 Å². The van der Waals surface area contributed by atoms with Crippen LogP contribution in [0.2, 0.25) is 0 Å². The highest BCUT2D eigenvalue weighted by Gasteiger charge is 2.06. The van der Waals surface area contributed by atoms with Crippen LogP contribution < -0.4 is 0 Å². The molecule has 0 aliphatic carbocycles. The summed E-state index contributed by atoms with van der Waals surface area (Å²) in [7, 11) is 0. The highest BCUT2D eigenvalue weighted by atomic mass is 16.1.